The maximum atomic E-state index is 12.2. The number of aromatic nitrogens is 1. The molecule has 0 saturated carbocycles. The first-order chi connectivity index (χ1) is 13.2. The van der Waals surface area contributed by atoms with Gasteiger partial charge in [-0.25, -0.2) is 0 Å². The molecule has 1 saturated heterocycles. The Morgan fingerprint density at radius 1 is 1.22 bits per heavy atom. The van der Waals surface area contributed by atoms with Gasteiger partial charge in [0.05, 0.1) is 11.2 Å². The van der Waals surface area contributed by atoms with Crippen molar-refractivity contribution in [2.24, 2.45) is 0 Å². The number of nitrogens with zero attached hydrogens (tertiary/aromatic N) is 1. The van der Waals surface area contributed by atoms with Crippen molar-refractivity contribution in [3.63, 3.8) is 0 Å². The summed E-state index contributed by atoms with van der Waals surface area (Å²) in [5, 5.41) is 4.48. The normalized spacial score (nSPS) is 17.6. The second-order valence-corrected chi connectivity index (χ2v) is 7.20. The fraction of sp³-hybridized carbons (Fsp3) is 0.591. The molecule has 5 nitrogen and oxygen atoms in total. The van der Waals surface area contributed by atoms with Gasteiger partial charge in [0.1, 0.15) is 11.9 Å². The zero-order valence-electron chi connectivity index (χ0n) is 16.9. The van der Waals surface area contributed by atoms with Crippen molar-refractivity contribution in [3.05, 3.63) is 34.1 Å². The van der Waals surface area contributed by atoms with Crippen LogP contribution in [-0.2, 0) is 6.42 Å². The third-order valence-electron chi connectivity index (χ3n) is 5.37. The monoisotopic (exact) mass is 371 g/mol. The van der Waals surface area contributed by atoms with Gasteiger partial charge in [0, 0.05) is 30.6 Å². The van der Waals surface area contributed by atoms with E-state index < -0.39 is 0 Å². The van der Waals surface area contributed by atoms with Crippen molar-refractivity contribution in [3.8, 4) is 5.75 Å². The summed E-state index contributed by atoms with van der Waals surface area (Å²) in [5.41, 5.74) is 2.78. The van der Waals surface area contributed by atoms with Crippen LogP contribution in [0.5, 0.6) is 5.75 Å². The highest BCUT2D eigenvalue weighted by Gasteiger charge is 2.21. The zero-order valence-corrected chi connectivity index (χ0v) is 16.9. The lowest BCUT2D eigenvalue weighted by Gasteiger charge is -2.32. The molecule has 2 aliphatic heterocycles. The average molecular weight is 372 g/mol. The van der Waals surface area contributed by atoms with Crippen molar-refractivity contribution >= 4 is 16.6 Å². The van der Waals surface area contributed by atoms with Gasteiger partial charge in [-0.05, 0) is 56.8 Å². The van der Waals surface area contributed by atoms with Gasteiger partial charge < -0.3 is 19.9 Å². The lowest BCUT2D eigenvalue weighted by atomic mass is 10.0. The van der Waals surface area contributed by atoms with Crippen molar-refractivity contribution in [1.29, 1.82) is 0 Å². The Hall–Kier alpha value is -2.01. The number of ether oxygens (including phenoxy) is 1. The molecule has 4 rings (SSSR count). The van der Waals surface area contributed by atoms with Crippen LogP contribution in [0.1, 0.15) is 52.0 Å². The minimum atomic E-state index is 0.0339. The maximum absolute atomic E-state index is 12.2. The summed E-state index contributed by atoms with van der Waals surface area (Å²) in [4.78, 5) is 17.8. The van der Waals surface area contributed by atoms with Crippen molar-refractivity contribution in [1.82, 2.24) is 9.88 Å². The lowest BCUT2D eigenvalue weighted by Crippen LogP contribution is -2.38. The predicted molar refractivity (Wildman–Crippen MR) is 113 cm³/mol. The summed E-state index contributed by atoms with van der Waals surface area (Å²) < 4.78 is 6.26. The van der Waals surface area contributed by atoms with E-state index in [0.29, 0.717) is 0 Å². The summed E-state index contributed by atoms with van der Waals surface area (Å²) in [6.07, 6.45) is 5.52. The van der Waals surface area contributed by atoms with Gasteiger partial charge in [-0.2, -0.15) is 0 Å². The van der Waals surface area contributed by atoms with Gasteiger partial charge in [-0.15, -0.1) is 0 Å². The molecule has 5 heteroatoms. The SMILES string of the molecule is CC.CCCN1CCC(Oc2ccc3[nH]c(=O)c4c(c3c2)NCCC4)CC1. The smallest absolute Gasteiger partial charge is 0.253 e. The van der Waals surface area contributed by atoms with Crippen LogP contribution in [0.25, 0.3) is 10.9 Å². The number of anilines is 1. The molecule has 0 bridgehead atoms. The van der Waals surface area contributed by atoms with E-state index in [1.807, 2.05) is 26.0 Å². The van der Waals surface area contributed by atoms with E-state index in [0.717, 1.165) is 73.2 Å². The van der Waals surface area contributed by atoms with Crippen LogP contribution >= 0.6 is 0 Å². The fourth-order valence-electron chi connectivity index (χ4n) is 4.06. The summed E-state index contributed by atoms with van der Waals surface area (Å²) >= 11 is 0. The first kappa shape index (κ1) is 19.7. The number of hydrogen-bond acceptors (Lipinski definition) is 4. The third-order valence-corrected chi connectivity index (χ3v) is 5.37. The van der Waals surface area contributed by atoms with Gasteiger partial charge in [-0.1, -0.05) is 20.8 Å². The number of hydrogen-bond donors (Lipinski definition) is 2. The molecule has 1 aromatic heterocycles. The molecular formula is C22H33N3O2. The van der Waals surface area contributed by atoms with E-state index in [9.17, 15) is 4.79 Å². The van der Waals surface area contributed by atoms with E-state index in [1.54, 1.807) is 0 Å². The first-order valence-electron chi connectivity index (χ1n) is 10.6. The second kappa shape index (κ2) is 9.27. The molecule has 148 valence electrons. The largest absolute Gasteiger partial charge is 0.490 e. The number of nitrogens with one attached hydrogen (secondary N) is 2. The van der Waals surface area contributed by atoms with Crippen molar-refractivity contribution < 1.29 is 4.74 Å². The van der Waals surface area contributed by atoms with Crippen LogP contribution in [0.15, 0.2) is 23.0 Å². The molecule has 2 aliphatic rings. The highest BCUT2D eigenvalue weighted by molar-refractivity contribution is 5.94. The molecule has 0 aliphatic carbocycles. The van der Waals surface area contributed by atoms with Gasteiger partial charge in [0.2, 0.25) is 0 Å². The number of benzene rings is 1. The third kappa shape index (κ3) is 4.46. The Morgan fingerprint density at radius 2 is 2.00 bits per heavy atom. The Balaban J connectivity index is 0.00000102. The molecule has 2 aromatic rings. The standard InChI is InChI=1S/C20H27N3O2.C2H6/c1-2-10-23-11-7-14(8-12-23)25-15-5-6-18-17(13-15)19-16(20(24)22-18)4-3-9-21-19;1-2/h5-6,13-14,21H,2-4,7-12H2,1H3,(H,22,24);1-2H3. The molecule has 0 unspecified atom stereocenters. The zero-order chi connectivity index (χ0) is 19.2. The predicted octanol–water partition coefficient (Wildman–Crippen LogP) is 4.17. The topological polar surface area (TPSA) is 57.4 Å². The number of H-pyrrole nitrogens is 1. The molecule has 0 spiro atoms. The molecule has 1 aromatic carbocycles. The summed E-state index contributed by atoms with van der Waals surface area (Å²) in [5.74, 6) is 0.906. The molecule has 0 amide bonds. The molecule has 1 fully saturated rings. The van der Waals surface area contributed by atoms with E-state index >= 15 is 0 Å². The Labute approximate surface area is 162 Å². The minimum Gasteiger partial charge on any atom is -0.490 e. The number of aromatic amines is 1. The highest BCUT2D eigenvalue weighted by Crippen LogP contribution is 2.31. The fourth-order valence-corrected chi connectivity index (χ4v) is 4.06. The van der Waals surface area contributed by atoms with Crippen LogP contribution in [0, 0.1) is 0 Å². The quantitative estimate of drug-likeness (QED) is 0.847. The number of fused-ring (bicyclic) bond motifs is 3. The van der Waals surface area contributed by atoms with E-state index in [2.05, 4.69) is 28.2 Å². The molecular weight excluding hydrogens is 338 g/mol. The number of likely N-dealkylation sites (tertiary alicyclic amines) is 1. The molecule has 3 heterocycles. The van der Waals surface area contributed by atoms with Gasteiger partial charge in [0.25, 0.3) is 5.56 Å². The number of rotatable bonds is 4. The van der Waals surface area contributed by atoms with Gasteiger partial charge in [-0.3, -0.25) is 4.79 Å². The first-order valence-corrected chi connectivity index (χ1v) is 10.6. The van der Waals surface area contributed by atoms with Crippen LogP contribution in [0.2, 0.25) is 0 Å². The van der Waals surface area contributed by atoms with Gasteiger partial charge >= 0.3 is 0 Å². The van der Waals surface area contributed by atoms with Crippen molar-refractivity contribution in [2.45, 2.75) is 59.0 Å². The molecule has 2 N–H and O–H groups in total. The second-order valence-electron chi connectivity index (χ2n) is 7.20. The molecule has 0 radical (unpaired) electrons. The summed E-state index contributed by atoms with van der Waals surface area (Å²) in [6, 6.07) is 6.03. The minimum absolute atomic E-state index is 0.0339. The van der Waals surface area contributed by atoms with Crippen LogP contribution in [0.3, 0.4) is 0 Å². The highest BCUT2D eigenvalue weighted by atomic mass is 16.5. The van der Waals surface area contributed by atoms with E-state index in [-0.39, 0.29) is 11.7 Å². The summed E-state index contributed by atoms with van der Waals surface area (Å²) in [6.45, 7) is 10.6. The van der Waals surface area contributed by atoms with Crippen LogP contribution in [0.4, 0.5) is 5.69 Å². The molecule has 0 atom stereocenters. The lowest BCUT2D eigenvalue weighted by molar-refractivity contribution is 0.101. The van der Waals surface area contributed by atoms with Crippen molar-refractivity contribution in [2.75, 3.05) is 31.5 Å². The van der Waals surface area contributed by atoms with Crippen LogP contribution in [-0.4, -0.2) is 42.2 Å². The Morgan fingerprint density at radius 3 is 2.74 bits per heavy atom. The summed E-state index contributed by atoms with van der Waals surface area (Å²) in [7, 11) is 0. The Kier molecular flexibility index (Phi) is 6.78. The van der Waals surface area contributed by atoms with E-state index in [1.165, 1.54) is 13.0 Å². The maximum Gasteiger partial charge on any atom is 0.253 e. The number of piperidine rings is 1. The Bertz CT molecular complexity index is 807. The van der Waals surface area contributed by atoms with Crippen LogP contribution < -0.4 is 15.6 Å². The van der Waals surface area contributed by atoms with Gasteiger partial charge in [0.15, 0.2) is 0 Å². The van der Waals surface area contributed by atoms with E-state index in [4.69, 9.17) is 4.74 Å². The average Bonchev–Trinajstić information content (AvgIpc) is 2.72. The molecule has 27 heavy (non-hydrogen) atoms. The number of pyridine rings is 1.